The molecule has 0 radical (unpaired) electrons. The van der Waals surface area contributed by atoms with E-state index >= 15 is 0 Å². The summed E-state index contributed by atoms with van der Waals surface area (Å²) in [7, 11) is 2.17. The van der Waals surface area contributed by atoms with Gasteiger partial charge in [0, 0.05) is 19.6 Å². The molecule has 2 N–H and O–H groups in total. The van der Waals surface area contributed by atoms with E-state index in [-0.39, 0.29) is 11.9 Å². The lowest BCUT2D eigenvalue weighted by atomic mass is 9.99. The van der Waals surface area contributed by atoms with Crippen molar-refractivity contribution in [1.82, 2.24) is 15.5 Å². The van der Waals surface area contributed by atoms with Gasteiger partial charge in [-0.25, -0.2) is 4.39 Å². The molecular weight excluding hydrogens is 355 g/mol. The molecule has 6 heteroatoms. The van der Waals surface area contributed by atoms with Crippen LogP contribution < -0.4 is 15.4 Å². The molecule has 156 valence electrons. The Balaban J connectivity index is 1.57. The molecule has 2 unspecified atom stereocenters. The standard InChI is InChI=1S/C22H35FN4O/c1-4-24-22(25-13-18-6-5-11-27(3)14-18)26-16(2)19-9-10-21(20(23)12-19)28-15-17-7-8-17/h9-10,12,16-18H,4-8,11,13-15H2,1-3H3,(H2,24,25,26). The van der Waals surface area contributed by atoms with Crippen LogP contribution in [-0.4, -0.2) is 50.7 Å². The fraction of sp³-hybridized carbons (Fsp3) is 0.682. The van der Waals surface area contributed by atoms with Gasteiger partial charge in [-0.05, 0) is 82.7 Å². The minimum atomic E-state index is -0.293. The van der Waals surface area contributed by atoms with Crippen LogP contribution in [0.25, 0.3) is 0 Å². The summed E-state index contributed by atoms with van der Waals surface area (Å²) in [6, 6.07) is 5.20. The number of halogens is 1. The quantitative estimate of drug-likeness (QED) is 0.526. The zero-order valence-electron chi connectivity index (χ0n) is 17.5. The highest BCUT2D eigenvalue weighted by molar-refractivity contribution is 5.80. The van der Waals surface area contributed by atoms with E-state index in [4.69, 9.17) is 9.73 Å². The first-order valence-electron chi connectivity index (χ1n) is 10.7. The second kappa shape index (κ2) is 10.1. The van der Waals surface area contributed by atoms with Crippen LogP contribution in [0.15, 0.2) is 23.2 Å². The summed E-state index contributed by atoms with van der Waals surface area (Å²) in [5, 5.41) is 6.72. The van der Waals surface area contributed by atoms with Gasteiger partial charge in [0.15, 0.2) is 17.5 Å². The van der Waals surface area contributed by atoms with Gasteiger partial charge in [0.05, 0.1) is 12.6 Å². The highest BCUT2D eigenvalue weighted by Gasteiger charge is 2.22. The first-order valence-corrected chi connectivity index (χ1v) is 10.7. The van der Waals surface area contributed by atoms with Crippen molar-refractivity contribution in [2.24, 2.45) is 16.8 Å². The van der Waals surface area contributed by atoms with Crippen LogP contribution in [0.1, 0.15) is 51.1 Å². The van der Waals surface area contributed by atoms with E-state index in [1.807, 2.05) is 13.0 Å². The van der Waals surface area contributed by atoms with Crippen molar-refractivity contribution in [2.75, 3.05) is 39.8 Å². The van der Waals surface area contributed by atoms with Gasteiger partial charge in [0.2, 0.25) is 0 Å². The number of benzene rings is 1. The second-order valence-electron chi connectivity index (χ2n) is 8.30. The smallest absolute Gasteiger partial charge is 0.191 e. The summed E-state index contributed by atoms with van der Waals surface area (Å²) >= 11 is 0. The third kappa shape index (κ3) is 6.36. The summed E-state index contributed by atoms with van der Waals surface area (Å²) in [6.45, 7) is 8.61. The first-order chi connectivity index (χ1) is 13.5. The van der Waals surface area contributed by atoms with Crippen molar-refractivity contribution < 1.29 is 9.13 Å². The lowest BCUT2D eigenvalue weighted by Crippen LogP contribution is -2.40. The topological polar surface area (TPSA) is 48.9 Å². The number of nitrogens with zero attached hydrogens (tertiary/aromatic N) is 2. The fourth-order valence-corrected chi connectivity index (χ4v) is 3.65. The van der Waals surface area contributed by atoms with Gasteiger partial charge in [-0.3, -0.25) is 4.99 Å². The third-order valence-corrected chi connectivity index (χ3v) is 5.55. The van der Waals surface area contributed by atoms with Gasteiger partial charge < -0.3 is 20.3 Å². The van der Waals surface area contributed by atoms with Crippen LogP contribution in [0.2, 0.25) is 0 Å². The molecule has 1 saturated heterocycles. The SMILES string of the molecule is CCNC(=NCC1CCCN(C)C1)NC(C)c1ccc(OCC2CC2)c(F)c1. The molecular formula is C22H35FN4O. The maximum Gasteiger partial charge on any atom is 0.191 e. The van der Waals surface area contributed by atoms with Crippen molar-refractivity contribution in [3.8, 4) is 5.75 Å². The average Bonchev–Trinajstić information content (AvgIpc) is 3.50. The van der Waals surface area contributed by atoms with Crippen molar-refractivity contribution in [3.63, 3.8) is 0 Å². The number of likely N-dealkylation sites (tertiary alicyclic amines) is 1. The maximum atomic E-state index is 14.4. The minimum Gasteiger partial charge on any atom is -0.490 e. The Morgan fingerprint density at radius 1 is 1.32 bits per heavy atom. The van der Waals surface area contributed by atoms with Crippen molar-refractivity contribution in [1.29, 1.82) is 0 Å². The van der Waals surface area contributed by atoms with Crippen LogP contribution >= 0.6 is 0 Å². The molecule has 2 aliphatic rings. The molecule has 28 heavy (non-hydrogen) atoms. The number of ether oxygens (including phenoxy) is 1. The molecule has 0 spiro atoms. The minimum absolute atomic E-state index is 0.0428. The van der Waals surface area contributed by atoms with Crippen LogP contribution in [0, 0.1) is 17.7 Å². The lowest BCUT2D eigenvalue weighted by molar-refractivity contribution is 0.214. The van der Waals surface area contributed by atoms with Gasteiger partial charge in [-0.2, -0.15) is 0 Å². The number of nitrogens with one attached hydrogen (secondary N) is 2. The molecule has 1 aliphatic heterocycles. The summed E-state index contributed by atoms with van der Waals surface area (Å²) in [5.74, 6) is 2.06. The molecule has 1 heterocycles. The highest BCUT2D eigenvalue weighted by Crippen LogP contribution is 2.30. The number of hydrogen-bond acceptors (Lipinski definition) is 3. The molecule has 3 rings (SSSR count). The molecule has 1 aromatic rings. The summed E-state index contributed by atoms with van der Waals surface area (Å²) in [6.07, 6.45) is 4.87. The van der Waals surface area contributed by atoms with Crippen LogP contribution in [-0.2, 0) is 0 Å². The monoisotopic (exact) mass is 390 g/mol. The Bertz CT molecular complexity index is 662. The van der Waals surface area contributed by atoms with Crippen molar-refractivity contribution in [2.45, 2.75) is 45.6 Å². The summed E-state index contributed by atoms with van der Waals surface area (Å²) in [4.78, 5) is 7.16. The Kier molecular flexibility index (Phi) is 7.54. The van der Waals surface area contributed by atoms with Crippen LogP contribution in [0.3, 0.4) is 0 Å². The Labute approximate surface area is 168 Å². The normalized spacial score (nSPS) is 22.0. The Morgan fingerprint density at radius 2 is 2.14 bits per heavy atom. The van der Waals surface area contributed by atoms with E-state index in [9.17, 15) is 4.39 Å². The van der Waals surface area contributed by atoms with Gasteiger partial charge in [0.1, 0.15) is 0 Å². The predicted octanol–water partition coefficient (Wildman–Crippen LogP) is 3.57. The van der Waals surface area contributed by atoms with Crippen molar-refractivity contribution >= 4 is 5.96 Å². The molecule has 2 fully saturated rings. The molecule has 0 aromatic heterocycles. The fourth-order valence-electron chi connectivity index (χ4n) is 3.65. The second-order valence-corrected chi connectivity index (χ2v) is 8.30. The zero-order chi connectivity index (χ0) is 19.9. The number of rotatable bonds is 8. The van der Waals surface area contributed by atoms with E-state index in [0.717, 1.165) is 31.2 Å². The zero-order valence-corrected chi connectivity index (χ0v) is 17.5. The molecule has 0 amide bonds. The molecule has 0 bridgehead atoms. The molecule has 1 saturated carbocycles. The lowest BCUT2D eigenvalue weighted by Gasteiger charge is -2.29. The highest BCUT2D eigenvalue weighted by atomic mass is 19.1. The molecule has 2 atom stereocenters. The van der Waals surface area contributed by atoms with E-state index in [1.54, 1.807) is 12.1 Å². The molecule has 5 nitrogen and oxygen atoms in total. The van der Waals surface area contributed by atoms with E-state index in [0.29, 0.717) is 24.2 Å². The van der Waals surface area contributed by atoms with Gasteiger partial charge >= 0.3 is 0 Å². The van der Waals surface area contributed by atoms with Gasteiger partial charge in [0.25, 0.3) is 0 Å². The predicted molar refractivity (Wildman–Crippen MR) is 112 cm³/mol. The average molecular weight is 391 g/mol. The summed E-state index contributed by atoms with van der Waals surface area (Å²) < 4.78 is 20.0. The first kappa shape index (κ1) is 20.9. The van der Waals surface area contributed by atoms with E-state index in [1.165, 1.54) is 32.2 Å². The molecule has 1 aromatic carbocycles. The van der Waals surface area contributed by atoms with E-state index in [2.05, 4.69) is 29.5 Å². The van der Waals surface area contributed by atoms with Gasteiger partial charge in [-0.1, -0.05) is 6.07 Å². The number of aliphatic imine (C=N–C) groups is 1. The Hall–Kier alpha value is -1.82. The Morgan fingerprint density at radius 3 is 2.82 bits per heavy atom. The van der Waals surface area contributed by atoms with E-state index < -0.39 is 0 Å². The van der Waals surface area contributed by atoms with Crippen LogP contribution in [0.4, 0.5) is 4.39 Å². The maximum absolute atomic E-state index is 14.4. The number of hydrogen-bond donors (Lipinski definition) is 2. The summed E-state index contributed by atoms with van der Waals surface area (Å²) in [5.41, 5.74) is 0.888. The van der Waals surface area contributed by atoms with Crippen molar-refractivity contribution in [3.05, 3.63) is 29.6 Å². The number of guanidine groups is 1. The van der Waals surface area contributed by atoms with Crippen LogP contribution in [0.5, 0.6) is 5.75 Å². The molecule has 1 aliphatic carbocycles. The largest absolute Gasteiger partial charge is 0.490 e. The third-order valence-electron chi connectivity index (χ3n) is 5.55. The van der Waals surface area contributed by atoms with Gasteiger partial charge in [-0.15, -0.1) is 0 Å². The number of piperidine rings is 1.